The third-order valence-electron chi connectivity index (χ3n) is 3.41. The molecule has 0 bridgehead atoms. The van der Waals surface area contributed by atoms with Crippen molar-refractivity contribution in [3.63, 3.8) is 0 Å². The van der Waals surface area contributed by atoms with E-state index in [1.54, 1.807) is 0 Å². The molecule has 0 aliphatic heterocycles. The van der Waals surface area contributed by atoms with E-state index < -0.39 is 72.9 Å². The van der Waals surface area contributed by atoms with E-state index in [1.807, 2.05) is 0 Å². The summed E-state index contributed by atoms with van der Waals surface area (Å²) in [5.41, 5.74) is 0. The van der Waals surface area contributed by atoms with Gasteiger partial charge in [0.1, 0.15) is 0 Å². The zero-order chi connectivity index (χ0) is 29.3. The topological polar surface area (TPSA) is 0 Å². The Morgan fingerprint density at radius 3 is 0.914 bits per heavy atom. The van der Waals surface area contributed by atoms with Crippen LogP contribution in [0.3, 0.4) is 0 Å². The zero-order valence-corrected chi connectivity index (χ0v) is 22.2. The maximum atomic E-state index is 13.2. The summed E-state index contributed by atoms with van der Waals surface area (Å²) in [6, 6.07) is -9.11. The first kappa shape index (κ1) is 38.2. The summed E-state index contributed by atoms with van der Waals surface area (Å²) in [7, 11) is 0. The minimum Gasteiger partial charge on any atom is -0.200 e. The molecule has 0 atom stereocenters. The number of halogens is 22. The van der Waals surface area contributed by atoms with Crippen molar-refractivity contribution in [3.8, 4) is 0 Å². The Bertz CT molecular complexity index is 667. The predicted octanol–water partition coefficient (Wildman–Crippen LogP) is 10.4. The molecule has 214 valence electrons. The van der Waals surface area contributed by atoms with Crippen LogP contribution in [0.2, 0.25) is 12.1 Å². The Labute approximate surface area is 215 Å². The Morgan fingerprint density at radius 1 is 0.400 bits per heavy atom. The third-order valence-corrected chi connectivity index (χ3v) is 8.45. The summed E-state index contributed by atoms with van der Waals surface area (Å²) >= 11 is 30.7. The van der Waals surface area contributed by atoms with Gasteiger partial charge in [0.2, 0.25) is 0 Å². The smallest absolute Gasteiger partial charge is 0.200 e. The Balaban J connectivity index is 0. The first-order chi connectivity index (χ1) is 14.7. The zero-order valence-electron chi connectivity index (χ0n) is 15.6. The van der Waals surface area contributed by atoms with Gasteiger partial charge in [0, 0.05) is 12.8 Å². The molecule has 0 N–H and O–H groups in total. The molecular weight excluding hydrogens is 705 g/mol. The van der Waals surface area contributed by atoms with Gasteiger partial charge in [-0.1, -0.05) is 0 Å². The van der Waals surface area contributed by atoms with Crippen molar-refractivity contribution in [2.45, 2.75) is 66.9 Å². The van der Waals surface area contributed by atoms with Crippen molar-refractivity contribution in [1.82, 2.24) is 0 Å². The van der Waals surface area contributed by atoms with Crippen LogP contribution in [0, 0.1) is 0 Å². The van der Waals surface area contributed by atoms with Gasteiger partial charge in [-0.25, -0.2) is 0 Å². The highest BCUT2D eigenvalue weighted by molar-refractivity contribution is 7.65. The summed E-state index contributed by atoms with van der Waals surface area (Å²) in [5, 5.41) is 0. The van der Waals surface area contributed by atoms with Crippen molar-refractivity contribution in [2.75, 3.05) is 0 Å². The minimum atomic E-state index is -7.91. The van der Waals surface area contributed by atoms with Crippen molar-refractivity contribution in [2.24, 2.45) is 0 Å². The van der Waals surface area contributed by atoms with Crippen LogP contribution < -0.4 is 0 Å². The van der Waals surface area contributed by atoms with E-state index in [4.69, 9.17) is 66.5 Å². The summed E-state index contributed by atoms with van der Waals surface area (Å²) in [4.78, 5) is 0. The molecule has 0 heterocycles. The monoisotopic (exact) mass is 710 g/mol. The highest BCUT2D eigenvalue weighted by atomic mass is 35.8. The fourth-order valence-electron chi connectivity index (χ4n) is 1.54. The lowest BCUT2D eigenvalue weighted by Crippen LogP contribution is -2.70. The number of hydrogen-bond donors (Lipinski definition) is 0. The van der Waals surface area contributed by atoms with E-state index >= 15 is 0 Å². The van der Waals surface area contributed by atoms with Crippen molar-refractivity contribution in [1.29, 1.82) is 0 Å². The minimum absolute atomic E-state index is 0.360. The Kier molecular flexibility index (Phi) is 12.7. The molecule has 0 amide bonds. The molecule has 0 fully saturated rings. The van der Waals surface area contributed by atoms with Gasteiger partial charge in [-0.15, -0.1) is 66.5 Å². The van der Waals surface area contributed by atoms with Crippen LogP contribution in [-0.4, -0.2) is 54.0 Å². The molecular formula is C11H8Cl6F16Si2. The lowest BCUT2D eigenvalue weighted by Gasteiger charge is -2.39. The molecule has 0 saturated carbocycles. The van der Waals surface area contributed by atoms with E-state index in [0.29, 0.717) is 0 Å². The van der Waals surface area contributed by atoms with E-state index in [9.17, 15) is 70.2 Å². The fourth-order valence-corrected chi connectivity index (χ4v) is 4.41. The first-order valence-corrected chi connectivity index (χ1v) is 18.3. The lowest BCUT2D eigenvalue weighted by atomic mass is 9.93. The summed E-state index contributed by atoms with van der Waals surface area (Å²) in [6.07, 6.45) is -15.1. The van der Waals surface area contributed by atoms with Crippen LogP contribution in [0.15, 0.2) is 0 Å². The highest BCUT2D eigenvalue weighted by Gasteiger charge is 2.90. The van der Waals surface area contributed by atoms with Crippen molar-refractivity contribution < 1.29 is 70.2 Å². The summed E-state index contributed by atoms with van der Waals surface area (Å²) in [5.74, 6) is -37.0. The average Bonchev–Trinajstić information content (AvgIpc) is 2.55. The Hall–Kier alpha value is 1.05. The molecule has 0 unspecified atom stereocenters. The van der Waals surface area contributed by atoms with Crippen LogP contribution in [0.4, 0.5) is 70.2 Å². The number of rotatable bonds is 9. The molecule has 0 aromatic rings. The molecule has 0 spiro atoms. The van der Waals surface area contributed by atoms with Gasteiger partial charge in [-0.2, -0.15) is 70.2 Å². The first-order valence-electron chi connectivity index (χ1n) is 7.82. The second kappa shape index (κ2) is 11.7. The number of alkyl halides is 16. The number of hydrogen-bond acceptors (Lipinski definition) is 0. The fraction of sp³-hybridized carbons (Fsp3) is 1.00. The molecule has 0 aromatic carbocycles. The average molecular weight is 713 g/mol. The quantitative estimate of drug-likeness (QED) is 0.127. The maximum Gasteiger partial charge on any atom is 0.460 e. The normalized spacial score (nSPS) is 15.6. The van der Waals surface area contributed by atoms with Gasteiger partial charge >= 0.3 is 54.0 Å². The molecule has 0 radical (unpaired) electrons. The van der Waals surface area contributed by atoms with E-state index in [-0.39, 0.29) is 6.04 Å². The van der Waals surface area contributed by atoms with E-state index in [1.165, 1.54) is 0 Å². The highest BCUT2D eigenvalue weighted by Crippen LogP contribution is 2.61. The van der Waals surface area contributed by atoms with Crippen LogP contribution in [-0.2, 0) is 0 Å². The van der Waals surface area contributed by atoms with Crippen LogP contribution in [0.5, 0.6) is 0 Å². The van der Waals surface area contributed by atoms with Gasteiger partial charge in [-0.3, -0.25) is 0 Å². The van der Waals surface area contributed by atoms with E-state index in [0.717, 1.165) is 0 Å². The molecule has 0 nitrogen and oxygen atoms in total. The largest absolute Gasteiger partial charge is 0.460 e. The van der Waals surface area contributed by atoms with E-state index in [2.05, 4.69) is 0 Å². The second-order valence-electron chi connectivity index (χ2n) is 6.35. The molecule has 0 aliphatic rings. The van der Waals surface area contributed by atoms with Crippen molar-refractivity contribution >= 4 is 78.5 Å². The van der Waals surface area contributed by atoms with Crippen LogP contribution in [0.25, 0.3) is 0 Å². The Morgan fingerprint density at radius 2 is 0.686 bits per heavy atom. The standard InChI is InChI=1S/C8H4Cl3F13Si.C3H4Cl3F3Si/c9-25(10,11)2-1-3(12,13)4(14,15)5(16,17)6(18,19)7(20,21)8(22,23)24;4-10(5,6)2-1-3(7,8)9/h1-2H2;1-2H2. The molecule has 0 rings (SSSR count). The van der Waals surface area contributed by atoms with Gasteiger partial charge < -0.3 is 0 Å². The van der Waals surface area contributed by atoms with Gasteiger partial charge in [0.05, 0.1) is 0 Å². The molecule has 0 aromatic heterocycles. The molecule has 24 heteroatoms. The summed E-state index contributed by atoms with van der Waals surface area (Å²) < 4.78 is 199. The van der Waals surface area contributed by atoms with Crippen LogP contribution >= 0.6 is 66.5 Å². The maximum absolute atomic E-state index is 13.2. The molecule has 35 heavy (non-hydrogen) atoms. The SMILES string of the molecule is FC(F)(F)C(F)(F)C(F)(F)C(F)(F)C(F)(F)C(F)(F)CC[Si](Cl)(Cl)Cl.FC(F)(F)CC[Si](Cl)(Cl)Cl. The summed E-state index contributed by atoms with van der Waals surface area (Å²) in [6.45, 7) is 0. The predicted molar refractivity (Wildman–Crippen MR) is 102 cm³/mol. The van der Waals surface area contributed by atoms with Gasteiger partial charge in [0.25, 0.3) is 0 Å². The lowest BCUT2D eigenvalue weighted by molar-refractivity contribution is -0.439. The van der Waals surface area contributed by atoms with Gasteiger partial charge in [-0.05, 0) is 12.1 Å². The molecule has 0 saturated heterocycles. The van der Waals surface area contributed by atoms with Crippen molar-refractivity contribution in [3.05, 3.63) is 0 Å². The second-order valence-corrected chi connectivity index (χ2v) is 24.9. The molecule has 0 aliphatic carbocycles. The third kappa shape index (κ3) is 10.6. The van der Waals surface area contributed by atoms with Gasteiger partial charge in [0.15, 0.2) is 0 Å². The van der Waals surface area contributed by atoms with Crippen LogP contribution in [0.1, 0.15) is 12.8 Å².